The van der Waals surface area contributed by atoms with E-state index in [9.17, 15) is 37.7 Å². The molecule has 0 heterocycles. The number of hydrogen-bond acceptors (Lipinski definition) is 7. The van der Waals surface area contributed by atoms with Crippen LogP contribution in [0.15, 0.2) is 36.4 Å². The minimum absolute atomic E-state index is 0.191. The molecule has 170 valence electrons. The lowest BCUT2D eigenvalue weighted by Crippen LogP contribution is -2.46. The molecule has 2 rings (SSSR count). The lowest BCUT2D eigenvalue weighted by molar-refractivity contribution is -0.384. The van der Waals surface area contributed by atoms with Gasteiger partial charge < -0.3 is 14.8 Å². The minimum Gasteiger partial charge on any atom is -0.469 e. The van der Waals surface area contributed by atoms with Crippen molar-refractivity contribution in [3.05, 3.63) is 75.1 Å². The Bertz CT molecular complexity index is 1020. The molecule has 0 aromatic heterocycles. The van der Waals surface area contributed by atoms with Gasteiger partial charge in [-0.25, -0.2) is 18.0 Å². The first kappa shape index (κ1) is 24.3. The molecule has 2 atom stereocenters. The van der Waals surface area contributed by atoms with E-state index in [4.69, 9.17) is 0 Å². The molecule has 0 aliphatic carbocycles. The molecule has 2 aromatic carbocycles. The van der Waals surface area contributed by atoms with E-state index in [1.165, 1.54) is 12.1 Å². The lowest BCUT2D eigenvalue weighted by atomic mass is 9.88. The fraction of sp³-hybridized carbons (Fsp3) is 0.250. The molecular formula is C20H17F3N2O7. The van der Waals surface area contributed by atoms with Crippen molar-refractivity contribution in [3.63, 3.8) is 0 Å². The van der Waals surface area contributed by atoms with Crippen LogP contribution in [0.2, 0.25) is 0 Å². The predicted molar refractivity (Wildman–Crippen MR) is 102 cm³/mol. The second-order valence-electron chi connectivity index (χ2n) is 6.45. The van der Waals surface area contributed by atoms with Crippen LogP contribution in [0, 0.1) is 27.6 Å². The maximum atomic E-state index is 14.0. The molecule has 0 radical (unpaired) electrons. The van der Waals surface area contributed by atoms with Gasteiger partial charge in [-0.1, -0.05) is 12.1 Å². The Morgan fingerprint density at radius 1 is 1.03 bits per heavy atom. The Hall–Kier alpha value is -3.96. The molecule has 9 nitrogen and oxygen atoms in total. The Morgan fingerprint density at radius 3 is 2.06 bits per heavy atom. The Morgan fingerprint density at radius 2 is 1.59 bits per heavy atom. The number of rotatable bonds is 8. The number of carbonyl (C=O) groups excluding carboxylic acids is 3. The number of hydrogen-bond donors (Lipinski definition) is 1. The van der Waals surface area contributed by atoms with Crippen LogP contribution in [0.3, 0.4) is 0 Å². The summed E-state index contributed by atoms with van der Waals surface area (Å²) >= 11 is 0. The summed E-state index contributed by atoms with van der Waals surface area (Å²) in [5.41, 5.74) is -1.24. The molecule has 0 aliphatic heterocycles. The number of nitro groups is 1. The van der Waals surface area contributed by atoms with Gasteiger partial charge in [-0.15, -0.1) is 0 Å². The molecule has 0 saturated carbocycles. The number of methoxy groups -OCH3 is 2. The monoisotopic (exact) mass is 454 g/mol. The van der Waals surface area contributed by atoms with E-state index in [1.807, 2.05) is 0 Å². The maximum absolute atomic E-state index is 14.0. The van der Waals surface area contributed by atoms with Crippen LogP contribution in [-0.4, -0.2) is 43.0 Å². The van der Waals surface area contributed by atoms with Gasteiger partial charge in [-0.05, 0) is 5.56 Å². The lowest BCUT2D eigenvalue weighted by Gasteiger charge is -2.26. The third kappa shape index (κ3) is 5.59. The third-order valence-corrected chi connectivity index (χ3v) is 4.52. The smallest absolute Gasteiger partial charge is 0.329 e. The quantitative estimate of drug-likeness (QED) is 0.369. The van der Waals surface area contributed by atoms with Gasteiger partial charge in [-0.2, -0.15) is 0 Å². The first-order chi connectivity index (χ1) is 15.1. The Balaban J connectivity index is 2.49. The number of esters is 2. The van der Waals surface area contributed by atoms with Crippen LogP contribution in [0.5, 0.6) is 0 Å². The molecule has 2 aromatic rings. The van der Waals surface area contributed by atoms with Crippen LogP contribution in [0.1, 0.15) is 28.3 Å². The van der Waals surface area contributed by atoms with Crippen molar-refractivity contribution in [3.8, 4) is 0 Å². The maximum Gasteiger partial charge on any atom is 0.329 e. The third-order valence-electron chi connectivity index (χ3n) is 4.52. The first-order valence-electron chi connectivity index (χ1n) is 8.93. The van der Waals surface area contributed by atoms with E-state index < -0.39 is 64.2 Å². The highest BCUT2D eigenvalue weighted by molar-refractivity contribution is 5.97. The zero-order valence-electron chi connectivity index (χ0n) is 16.8. The fourth-order valence-corrected chi connectivity index (χ4v) is 2.96. The summed E-state index contributed by atoms with van der Waals surface area (Å²) in [5.74, 6) is -8.76. The van der Waals surface area contributed by atoms with Gasteiger partial charge >= 0.3 is 11.9 Å². The summed E-state index contributed by atoms with van der Waals surface area (Å²) in [6.45, 7) is 0. The number of halogens is 3. The molecule has 0 saturated heterocycles. The zero-order valence-corrected chi connectivity index (χ0v) is 16.8. The van der Waals surface area contributed by atoms with E-state index in [0.29, 0.717) is 0 Å². The van der Waals surface area contributed by atoms with Gasteiger partial charge in [0, 0.05) is 30.2 Å². The molecule has 0 aliphatic rings. The molecule has 0 unspecified atom stereocenters. The summed E-state index contributed by atoms with van der Waals surface area (Å²) in [7, 11) is 2.05. The van der Waals surface area contributed by atoms with Gasteiger partial charge in [0.05, 0.1) is 25.6 Å². The normalized spacial score (nSPS) is 12.4. The van der Waals surface area contributed by atoms with E-state index in [0.717, 1.165) is 26.4 Å². The van der Waals surface area contributed by atoms with Gasteiger partial charge in [0.15, 0.2) is 0 Å². The van der Waals surface area contributed by atoms with Gasteiger partial charge in [-0.3, -0.25) is 19.7 Å². The number of nitrogens with zero attached hydrogens (tertiary/aromatic N) is 1. The topological polar surface area (TPSA) is 125 Å². The number of ether oxygens (including phenoxy) is 2. The second-order valence-corrected chi connectivity index (χ2v) is 6.45. The largest absolute Gasteiger partial charge is 0.469 e. The second kappa shape index (κ2) is 10.4. The van der Waals surface area contributed by atoms with Crippen molar-refractivity contribution in [1.29, 1.82) is 0 Å². The highest BCUT2D eigenvalue weighted by Gasteiger charge is 2.35. The number of amides is 1. The molecular weight excluding hydrogens is 437 g/mol. The SMILES string of the molecule is COC(=O)C[C@@H](c1ccc([N+](=O)[O-])cc1)[C@H](NC(=O)c1c(F)cc(F)cc1F)C(=O)OC. The van der Waals surface area contributed by atoms with Crippen molar-refractivity contribution in [2.75, 3.05) is 14.2 Å². The summed E-state index contributed by atoms with van der Waals surface area (Å²) in [6.07, 6.45) is -0.497. The molecule has 0 fully saturated rings. The van der Waals surface area contributed by atoms with Crippen molar-refractivity contribution in [2.45, 2.75) is 18.4 Å². The van der Waals surface area contributed by atoms with Crippen LogP contribution in [-0.2, 0) is 19.1 Å². The summed E-state index contributed by atoms with van der Waals surface area (Å²) in [5, 5.41) is 13.0. The zero-order chi connectivity index (χ0) is 24.0. The number of benzene rings is 2. The summed E-state index contributed by atoms with van der Waals surface area (Å²) in [6, 6.07) is 3.61. The van der Waals surface area contributed by atoms with Crippen molar-refractivity contribution < 1.29 is 42.0 Å². The Labute approximate surface area is 179 Å². The first-order valence-corrected chi connectivity index (χ1v) is 8.93. The van der Waals surface area contributed by atoms with Gasteiger partial charge in [0.1, 0.15) is 29.1 Å². The van der Waals surface area contributed by atoms with Crippen molar-refractivity contribution in [2.24, 2.45) is 0 Å². The van der Waals surface area contributed by atoms with Gasteiger partial charge in [0.2, 0.25) is 0 Å². The van der Waals surface area contributed by atoms with Crippen LogP contribution >= 0.6 is 0 Å². The number of nitrogens with one attached hydrogen (secondary N) is 1. The van der Waals surface area contributed by atoms with Gasteiger partial charge in [0.25, 0.3) is 11.6 Å². The minimum atomic E-state index is -1.66. The molecule has 0 spiro atoms. The van der Waals surface area contributed by atoms with Crippen molar-refractivity contribution in [1.82, 2.24) is 5.32 Å². The highest BCUT2D eigenvalue weighted by atomic mass is 19.1. The van der Waals surface area contributed by atoms with Crippen LogP contribution in [0.25, 0.3) is 0 Å². The molecule has 32 heavy (non-hydrogen) atoms. The fourth-order valence-electron chi connectivity index (χ4n) is 2.96. The molecule has 1 amide bonds. The molecule has 0 bridgehead atoms. The van der Waals surface area contributed by atoms with Crippen LogP contribution in [0.4, 0.5) is 18.9 Å². The Kier molecular flexibility index (Phi) is 7.88. The molecule has 12 heteroatoms. The number of non-ortho nitro benzene ring substituents is 1. The summed E-state index contributed by atoms with van der Waals surface area (Å²) in [4.78, 5) is 47.1. The van der Waals surface area contributed by atoms with Crippen LogP contribution < -0.4 is 5.32 Å². The molecule has 1 N–H and O–H groups in total. The van der Waals surface area contributed by atoms with E-state index in [1.54, 1.807) is 0 Å². The predicted octanol–water partition coefficient (Wildman–Crippen LogP) is 2.63. The summed E-state index contributed by atoms with van der Waals surface area (Å²) < 4.78 is 50.4. The average molecular weight is 454 g/mol. The van der Waals surface area contributed by atoms with E-state index in [-0.39, 0.29) is 23.4 Å². The highest BCUT2D eigenvalue weighted by Crippen LogP contribution is 2.28. The van der Waals surface area contributed by atoms with Crippen molar-refractivity contribution >= 4 is 23.5 Å². The van der Waals surface area contributed by atoms with E-state index >= 15 is 0 Å². The number of carbonyl (C=O) groups is 3. The standard InChI is InChI=1S/C20H17F3N2O7/c1-31-16(26)9-13(10-3-5-12(6-4-10)25(29)30)18(20(28)32-2)24-19(27)17-14(22)7-11(21)8-15(17)23/h3-8,13,18H,9H2,1-2H3,(H,24,27)/t13-,18-/m0/s1. The average Bonchev–Trinajstić information content (AvgIpc) is 2.74. The number of nitro benzene ring substituents is 1. The van der Waals surface area contributed by atoms with E-state index in [2.05, 4.69) is 14.8 Å².